The second-order valence-corrected chi connectivity index (χ2v) is 8.02. The molecule has 3 saturated heterocycles. The van der Waals surface area contributed by atoms with Crippen LogP contribution in [-0.2, 0) is 4.79 Å². The average Bonchev–Trinajstić information content (AvgIpc) is 3.09. The van der Waals surface area contributed by atoms with Gasteiger partial charge in [0.05, 0.1) is 12.1 Å². The number of nitrogens with zero attached hydrogens (tertiary/aromatic N) is 4. The molecule has 1 amide bonds. The Hall–Kier alpha value is -1.69. The first-order valence-electron chi connectivity index (χ1n) is 9.13. The summed E-state index contributed by atoms with van der Waals surface area (Å²) in [5.74, 6) is 2.53. The summed E-state index contributed by atoms with van der Waals surface area (Å²) in [5.41, 5.74) is -0.00775. The molecule has 6 nitrogen and oxygen atoms in total. The van der Waals surface area contributed by atoms with Crippen LogP contribution in [0.15, 0.2) is 18.6 Å². The van der Waals surface area contributed by atoms with E-state index in [0.29, 0.717) is 11.8 Å². The Morgan fingerprint density at radius 3 is 2.75 bits per heavy atom. The van der Waals surface area contributed by atoms with E-state index in [1.165, 1.54) is 0 Å². The van der Waals surface area contributed by atoms with E-state index in [1.807, 2.05) is 6.20 Å². The molecular formula is C18H27N5O. The monoisotopic (exact) mass is 329 g/mol. The van der Waals surface area contributed by atoms with Gasteiger partial charge in [-0.2, -0.15) is 0 Å². The van der Waals surface area contributed by atoms with Gasteiger partial charge >= 0.3 is 0 Å². The van der Waals surface area contributed by atoms with Crippen molar-refractivity contribution in [1.82, 2.24) is 20.2 Å². The van der Waals surface area contributed by atoms with E-state index in [1.54, 1.807) is 12.4 Å². The zero-order chi connectivity index (χ0) is 16.7. The summed E-state index contributed by atoms with van der Waals surface area (Å²) in [6.07, 6.45) is 7.29. The van der Waals surface area contributed by atoms with Crippen molar-refractivity contribution >= 4 is 11.7 Å². The molecule has 1 spiro atoms. The van der Waals surface area contributed by atoms with E-state index < -0.39 is 0 Å². The minimum atomic E-state index is -0.00775. The van der Waals surface area contributed by atoms with Crippen molar-refractivity contribution in [2.75, 3.05) is 37.6 Å². The molecule has 6 heteroatoms. The lowest BCUT2D eigenvalue weighted by atomic mass is 9.75. The minimum absolute atomic E-state index is 0.00775. The van der Waals surface area contributed by atoms with E-state index in [4.69, 9.17) is 0 Å². The molecule has 3 aliphatic heterocycles. The van der Waals surface area contributed by atoms with Crippen LogP contribution < -0.4 is 10.2 Å². The Bertz CT molecular complexity index is 597. The van der Waals surface area contributed by atoms with Gasteiger partial charge in [0.25, 0.3) is 0 Å². The van der Waals surface area contributed by atoms with E-state index in [2.05, 4.69) is 38.9 Å². The maximum Gasteiger partial charge on any atom is 0.225 e. The predicted molar refractivity (Wildman–Crippen MR) is 92.6 cm³/mol. The highest BCUT2D eigenvalue weighted by atomic mass is 16.2. The van der Waals surface area contributed by atoms with Crippen LogP contribution in [0.4, 0.5) is 5.82 Å². The Morgan fingerprint density at radius 2 is 2.08 bits per heavy atom. The van der Waals surface area contributed by atoms with Gasteiger partial charge in [0.2, 0.25) is 5.91 Å². The molecule has 0 bridgehead atoms. The molecule has 2 atom stereocenters. The van der Waals surface area contributed by atoms with Crippen molar-refractivity contribution in [3.8, 4) is 0 Å². The molecule has 3 fully saturated rings. The summed E-state index contributed by atoms with van der Waals surface area (Å²) in [7, 11) is 0. The Morgan fingerprint density at radius 1 is 1.29 bits per heavy atom. The van der Waals surface area contributed by atoms with Gasteiger partial charge in [-0.3, -0.25) is 9.78 Å². The molecule has 3 aliphatic rings. The quantitative estimate of drug-likeness (QED) is 0.901. The fourth-order valence-corrected chi connectivity index (χ4v) is 4.89. The minimum Gasteiger partial charge on any atom is -0.355 e. The number of piperidine rings is 1. The Balaban J connectivity index is 1.46. The molecule has 0 radical (unpaired) electrons. The van der Waals surface area contributed by atoms with E-state index in [0.717, 1.165) is 51.4 Å². The van der Waals surface area contributed by atoms with Crippen LogP contribution in [0.2, 0.25) is 0 Å². The van der Waals surface area contributed by atoms with Gasteiger partial charge in [-0.25, -0.2) is 4.98 Å². The predicted octanol–water partition coefficient (Wildman–Crippen LogP) is 1.15. The van der Waals surface area contributed by atoms with Crippen molar-refractivity contribution in [2.45, 2.75) is 32.2 Å². The summed E-state index contributed by atoms with van der Waals surface area (Å²) in [6.45, 7) is 9.48. The van der Waals surface area contributed by atoms with Crippen LogP contribution >= 0.6 is 0 Å². The van der Waals surface area contributed by atoms with Gasteiger partial charge in [0.1, 0.15) is 5.82 Å². The Labute approximate surface area is 143 Å². The van der Waals surface area contributed by atoms with E-state index in [-0.39, 0.29) is 17.4 Å². The highest BCUT2D eigenvalue weighted by Crippen LogP contribution is 2.44. The van der Waals surface area contributed by atoms with Gasteiger partial charge in [-0.15, -0.1) is 0 Å². The van der Waals surface area contributed by atoms with Gasteiger partial charge in [0.15, 0.2) is 0 Å². The SMILES string of the molecule is CC(C)CN1C[C@H]2C(=O)NC3(CCN(c4cnccn4)CC3)[C@H]2C1. The number of nitrogens with one attached hydrogen (secondary N) is 1. The summed E-state index contributed by atoms with van der Waals surface area (Å²) in [4.78, 5) is 25.9. The van der Waals surface area contributed by atoms with Crippen molar-refractivity contribution in [2.24, 2.45) is 17.8 Å². The molecule has 1 aromatic rings. The standard InChI is InChI=1S/C18H27N5O/c1-13(2)10-22-11-14-15(12-22)18(21-17(14)24)3-7-23(8-4-18)16-9-19-5-6-20-16/h5-6,9,13-15H,3-4,7-8,10-12H2,1-2H3,(H,21,24)/t14-,15+/m1/s1. The zero-order valence-electron chi connectivity index (χ0n) is 14.6. The highest BCUT2D eigenvalue weighted by Gasteiger charge is 2.57. The van der Waals surface area contributed by atoms with Crippen molar-refractivity contribution < 1.29 is 4.79 Å². The molecule has 24 heavy (non-hydrogen) atoms. The number of hydrogen-bond donors (Lipinski definition) is 1. The highest BCUT2D eigenvalue weighted by molar-refractivity contribution is 5.83. The van der Waals surface area contributed by atoms with Crippen molar-refractivity contribution in [3.63, 3.8) is 0 Å². The molecule has 0 aromatic carbocycles. The largest absolute Gasteiger partial charge is 0.355 e. The number of aromatic nitrogens is 2. The smallest absolute Gasteiger partial charge is 0.225 e. The molecule has 0 unspecified atom stereocenters. The number of hydrogen-bond acceptors (Lipinski definition) is 5. The maximum absolute atomic E-state index is 12.5. The number of rotatable bonds is 3. The summed E-state index contributed by atoms with van der Waals surface area (Å²) in [5, 5.41) is 3.39. The van der Waals surface area contributed by atoms with Crippen LogP contribution in [0.5, 0.6) is 0 Å². The van der Waals surface area contributed by atoms with Crippen LogP contribution in [0.3, 0.4) is 0 Å². The number of fused-ring (bicyclic) bond motifs is 2. The number of amides is 1. The topological polar surface area (TPSA) is 61.4 Å². The van der Waals surface area contributed by atoms with Crippen LogP contribution in [0.1, 0.15) is 26.7 Å². The molecule has 0 aliphatic carbocycles. The second-order valence-electron chi connectivity index (χ2n) is 8.02. The first-order valence-corrected chi connectivity index (χ1v) is 9.13. The van der Waals surface area contributed by atoms with Gasteiger partial charge < -0.3 is 15.1 Å². The Kier molecular flexibility index (Phi) is 3.95. The third kappa shape index (κ3) is 2.66. The number of anilines is 1. The molecule has 1 N–H and O–H groups in total. The van der Waals surface area contributed by atoms with Crippen LogP contribution in [0.25, 0.3) is 0 Å². The lowest BCUT2D eigenvalue weighted by molar-refractivity contribution is -0.123. The first kappa shape index (κ1) is 15.8. The summed E-state index contributed by atoms with van der Waals surface area (Å²) < 4.78 is 0. The molecule has 1 aromatic heterocycles. The van der Waals surface area contributed by atoms with Crippen LogP contribution in [-0.4, -0.2) is 59.0 Å². The number of carbonyl (C=O) groups is 1. The third-order valence-electron chi connectivity index (χ3n) is 5.97. The molecule has 4 heterocycles. The maximum atomic E-state index is 12.5. The van der Waals surface area contributed by atoms with Crippen molar-refractivity contribution in [3.05, 3.63) is 18.6 Å². The number of carbonyl (C=O) groups excluding carboxylic acids is 1. The average molecular weight is 329 g/mol. The number of likely N-dealkylation sites (tertiary alicyclic amines) is 1. The molecule has 4 rings (SSSR count). The fraction of sp³-hybridized carbons (Fsp3) is 0.722. The fourth-order valence-electron chi connectivity index (χ4n) is 4.89. The van der Waals surface area contributed by atoms with E-state index >= 15 is 0 Å². The lowest BCUT2D eigenvalue weighted by Crippen LogP contribution is -2.55. The normalized spacial score (nSPS) is 29.3. The molecular weight excluding hydrogens is 302 g/mol. The van der Waals surface area contributed by atoms with Crippen molar-refractivity contribution in [1.29, 1.82) is 0 Å². The third-order valence-corrected chi connectivity index (χ3v) is 5.97. The summed E-state index contributed by atoms with van der Waals surface area (Å²) in [6, 6.07) is 0. The second kappa shape index (κ2) is 5.99. The van der Waals surface area contributed by atoms with Gasteiger partial charge in [-0.05, 0) is 18.8 Å². The van der Waals surface area contributed by atoms with Gasteiger partial charge in [-0.1, -0.05) is 13.8 Å². The van der Waals surface area contributed by atoms with Crippen LogP contribution in [0, 0.1) is 17.8 Å². The summed E-state index contributed by atoms with van der Waals surface area (Å²) >= 11 is 0. The molecule has 0 saturated carbocycles. The first-order chi connectivity index (χ1) is 11.6. The molecule has 130 valence electrons. The van der Waals surface area contributed by atoms with E-state index in [9.17, 15) is 4.79 Å². The van der Waals surface area contributed by atoms with Gasteiger partial charge in [0, 0.05) is 56.6 Å². The zero-order valence-corrected chi connectivity index (χ0v) is 14.6. The lowest BCUT2D eigenvalue weighted by Gasteiger charge is -2.43.